The van der Waals surface area contributed by atoms with Gasteiger partial charge in [0.15, 0.2) is 0 Å². The fourth-order valence-corrected chi connectivity index (χ4v) is 3.68. The van der Waals surface area contributed by atoms with Gasteiger partial charge < -0.3 is 10.2 Å². The van der Waals surface area contributed by atoms with Crippen LogP contribution in [0.2, 0.25) is 0 Å². The molecule has 1 aromatic carbocycles. The van der Waals surface area contributed by atoms with Crippen LogP contribution in [0.5, 0.6) is 0 Å². The van der Waals surface area contributed by atoms with Crippen molar-refractivity contribution in [3.05, 3.63) is 30.3 Å². The van der Waals surface area contributed by atoms with Gasteiger partial charge in [-0.3, -0.25) is 19.4 Å². The van der Waals surface area contributed by atoms with Crippen molar-refractivity contribution in [2.24, 2.45) is 0 Å². The molecule has 3 rings (SSSR count). The lowest BCUT2D eigenvalue weighted by molar-refractivity contribution is -0.134. The van der Waals surface area contributed by atoms with Crippen LogP contribution in [0.25, 0.3) is 0 Å². The van der Waals surface area contributed by atoms with Crippen LogP contribution in [0, 0.1) is 0 Å². The van der Waals surface area contributed by atoms with E-state index in [0.717, 1.165) is 57.8 Å². The predicted octanol–water partition coefficient (Wildman–Crippen LogP) is 1.64. The van der Waals surface area contributed by atoms with Crippen LogP contribution < -0.4 is 5.32 Å². The summed E-state index contributed by atoms with van der Waals surface area (Å²) in [5.41, 5.74) is 0.829. The lowest BCUT2D eigenvalue weighted by Crippen LogP contribution is -2.54. The molecule has 1 unspecified atom stereocenters. The number of amides is 2. The van der Waals surface area contributed by atoms with Crippen molar-refractivity contribution in [1.82, 2.24) is 14.7 Å². The van der Waals surface area contributed by atoms with E-state index in [-0.39, 0.29) is 17.9 Å². The van der Waals surface area contributed by atoms with Gasteiger partial charge in [-0.1, -0.05) is 18.2 Å². The highest BCUT2D eigenvalue weighted by Gasteiger charge is 2.27. The maximum Gasteiger partial charge on any atom is 0.241 e. The Bertz CT molecular complexity index is 593. The van der Waals surface area contributed by atoms with E-state index in [1.54, 1.807) is 0 Å². The molecule has 0 bridgehead atoms. The van der Waals surface area contributed by atoms with E-state index < -0.39 is 0 Å². The second kappa shape index (κ2) is 9.14. The minimum atomic E-state index is -0.171. The molecular weight excluding hydrogens is 328 g/mol. The van der Waals surface area contributed by atoms with Gasteiger partial charge in [0.25, 0.3) is 0 Å². The molecule has 0 saturated carbocycles. The highest BCUT2D eigenvalue weighted by Crippen LogP contribution is 2.12. The van der Waals surface area contributed by atoms with Crippen molar-refractivity contribution in [2.45, 2.75) is 32.2 Å². The number of rotatable bonds is 5. The number of piperazine rings is 1. The average molecular weight is 358 g/mol. The lowest BCUT2D eigenvalue weighted by atomic mass is 10.1. The quantitative estimate of drug-likeness (QED) is 0.869. The standard InChI is InChI=1S/C20H30N4O2/c1-17(20(26)21-18-8-4-2-5-9-18)23-14-12-22(13-15-23)16-19(25)24-10-6-3-7-11-24/h2,4-5,8-9,17H,3,6-7,10-16H2,1H3,(H,21,26). The van der Waals surface area contributed by atoms with Gasteiger partial charge in [0.05, 0.1) is 12.6 Å². The molecule has 142 valence electrons. The summed E-state index contributed by atoms with van der Waals surface area (Å²) in [6, 6.07) is 9.39. The molecule has 0 radical (unpaired) electrons. The number of hydrogen-bond acceptors (Lipinski definition) is 4. The Morgan fingerprint density at radius 3 is 2.27 bits per heavy atom. The summed E-state index contributed by atoms with van der Waals surface area (Å²) in [5.74, 6) is 0.280. The molecule has 2 fully saturated rings. The second-order valence-corrected chi connectivity index (χ2v) is 7.28. The number of para-hydroxylation sites is 1. The van der Waals surface area contributed by atoms with E-state index >= 15 is 0 Å². The van der Waals surface area contributed by atoms with E-state index in [4.69, 9.17) is 0 Å². The Hall–Kier alpha value is -1.92. The van der Waals surface area contributed by atoms with E-state index in [1.807, 2.05) is 42.2 Å². The van der Waals surface area contributed by atoms with Crippen LogP contribution in [0.3, 0.4) is 0 Å². The molecular formula is C20H30N4O2. The smallest absolute Gasteiger partial charge is 0.241 e. The minimum absolute atomic E-state index is 0.0223. The first-order valence-corrected chi connectivity index (χ1v) is 9.73. The Morgan fingerprint density at radius 2 is 1.62 bits per heavy atom. The van der Waals surface area contributed by atoms with Gasteiger partial charge in [-0.2, -0.15) is 0 Å². The third-order valence-electron chi connectivity index (χ3n) is 5.44. The molecule has 6 heteroatoms. The molecule has 0 aromatic heterocycles. The number of anilines is 1. The molecule has 0 spiro atoms. The molecule has 26 heavy (non-hydrogen) atoms. The number of piperidine rings is 1. The zero-order chi connectivity index (χ0) is 18.4. The summed E-state index contributed by atoms with van der Waals surface area (Å²) in [5, 5.41) is 2.97. The first kappa shape index (κ1) is 18.9. The molecule has 6 nitrogen and oxygen atoms in total. The highest BCUT2D eigenvalue weighted by molar-refractivity contribution is 5.94. The number of carbonyl (C=O) groups is 2. The predicted molar refractivity (Wildman–Crippen MR) is 103 cm³/mol. The number of carbonyl (C=O) groups excluding carboxylic acids is 2. The first-order valence-electron chi connectivity index (χ1n) is 9.73. The van der Waals surface area contributed by atoms with Crippen molar-refractivity contribution in [1.29, 1.82) is 0 Å². The highest BCUT2D eigenvalue weighted by atomic mass is 16.2. The topological polar surface area (TPSA) is 55.9 Å². The first-order chi connectivity index (χ1) is 12.6. The van der Waals surface area contributed by atoms with Crippen molar-refractivity contribution < 1.29 is 9.59 Å². The Morgan fingerprint density at radius 1 is 0.962 bits per heavy atom. The lowest BCUT2D eigenvalue weighted by Gasteiger charge is -2.38. The van der Waals surface area contributed by atoms with Crippen LogP contribution in [0.1, 0.15) is 26.2 Å². The van der Waals surface area contributed by atoms with Crippen LogP contribution in [0.4, 0.5) is 5.69 Å². The van der Waals surface area contributed by atoms with Crippen LogP contribution in [0.15, 0.2) is 30.3 Å². The van der Waals surface area contributed by atoms with Crippen LogP contribution in [-0.4, -0.2) is 78.4 Å². The number of likely N-dealkylation sites (tertiary alicyclic amines) is 1. The molecule has 1 atom stereocenters. The summed E-state index contributed by atoms with van der Waals surface area (Å²) in [4.78, 5) is 31.3. The molecule has 2 amide bonds. The van der Waals surface area contributed by atoms with Crippen molar-refractivity contribution in [3.63, 3.8) is 0 Å². The average Bonchev–Trinajstić information content (AvgIpc) is 2.69. The Balaban J connectivity index is 1.42. The zero-order valence-electron chi connectivity index (χ0n) is 15.7. The Kier molecular flexibility index (Phi) is 6.63. The number of nitrogens with one attached hydrogen (secondary N) is 1. The van der Waals surface area contributed by atoms with Gasteiger partial charge in [0, 0.05) is 45.0 Å². The molecule has 1 aromatic rings. The van der Waals surface area contributed by atoms with E-state index in [9.17, 15) is 9.59 Å². The summed E-state index contributed by atoms with van der Waals surface area (Å²) in [6.45, 7) is 7.59. The molecule has 1 N–H and O–H groups in total. The number of hydrogen-bond donors (Lipinski definition) is 1. The van der Waals surface area contributed by atoms with E-state index in [1.165, 1.54) is 6.42 Å². The largest absolute Gasteiger partial charge is 0.342 e. The maximum absolute atomic E-state index is 12.5. The fraction of sp³-hybridized carbons (Fsp3) is 0.600. The van der Waals surface area contributed by atoms with Gasteiger partial charge in [-0.25, -0.2) is 0 Å². The molecule has 2 aliphatic heterocycles. The fourth-order valence-electron chi connectivity index (χ4n) is 3.68. The van der Waals surface area contributed by atoms with Crippen LogP contribution in [-0.2, 0) is 9.59 Å². The van der Waals surface area contributed by atoms with Gasteiger partial charge in [-0.05, 0) is 38.3 Å². The minimum Gasteiger partial charge on any atom is -0.342 e. The molecule has 2 aliphatic rings. The van der Waals surface area contributed by atoms with Crippen LogP contribution >= 0.6 is 0 Å². The summed E-state index contributed by atoms with van der Waals surface area (Å²) in [7, 11) is 0. The van der Waals surface area contributed by atoms with Gasteiger partial charge in [0.1, 0.15) is 0 Å². The van der Waals surface area contributed by atoms with Gasteiger partial charge in [-0.15, -0.1) is 0 Å². The normalized spacial score (nSPS) is 20.6. The van der Waals surface area contributed by atoms with Gasteiger partial charge in [0.2, 0.25) is 11.8 Å². The van der Waals surface area contributed by atoms with Gasteiger partial charge >= 0.3 is 0 Å². The monoisotopic (exact) mass is 358 g/mol. The number of benzene rings is 1. The summed E-state index contributed by atoms with van der Waals surface area (Å²) in [6.07, 6.45) is 3.51. The van der Waals surface area contributed by atoms with Crippen molar-refractivity contribution in [2.75, 3.05) is 51.1 Å². The molecule has 2 heterocycles. The Labute approximate surface area is 156 Å². The zero-order valence-corrected chi connectivity index (χ0v) is 15.7. The summed E-state index contributed by atoms with van der Waals surface area (Å²) < 4.78 is 0. The van der Waals surface area contributed by atoms with Crippen molar-refractivity contribution >= 4 is 17.5 Å². The summed E-state index contributed by atoms with van der Waals surface area (Å²) >= 11 is 0. The SMILES string of the molecule is CC(C(=O)Nc1ccccc1)N1CCN(CC(=O)N2CCCCC2)CC1. The maximum atomic E-state index is 12.5. The second-order valence-electron chi connectivity index (χ2n) is 7.28. The van der Waals surface area contributed by atoms with Crippen molar-refractivity contribution in [3.8, 4) is 0 Å². The third kappa shape index (κ3) is 5.05. The molecule has 2 saturated heterocycles. The third-order valence-corrected chi connectivity index (χ3v) is 5.44. The molecule has 0 aliphatic carbocycles. The van der Waals surface area contributed by atoms with E-state index in [0.29, 0.717) is 6.54 Å². The number of nitrogens with zero attached hydrogens (tertiary/aromatic N) is 3. The van der Waals surface area contributed by atoms with E-state index in [2.05, 4.69) is 15.1 Å².